The predicted octanol–water partition coefficient (Wildman–Crippen LogP) is 3.62. The van der Waals surface area contributed by atoms with Gasteiger partial charge in [-0.3, -0.25) is 0 Å². The number of alkyl halides is 3. The van der Waals surface area contributed by atoms with Crippen molar-refractivity contribution < 1.29 is 22.0 Å². The lowest BCUT2D eigenvalue weighted by molar-refractivity contribution is -0.119. The van der Waals surface area contributed by atoms with E-state index >= 15 is 0 Å². The van der Waals surface area contributed by atoms with E-state index in [0.717, 1.165) is 12.1 Å². The molecule has 0 aliphatic heterocycles. The van der Waals surface area contributed by atoms with Gasteiger partial charge >= 0.3 is 6.18 Å². The Balaban J connectivity index is 3.20. The first-order valence-electron chi connectivity index (χ1n) is 5.49. The summed E-state index contributed by atoms with van der Waals surface area (Å²) in [6.45, 7) is 0.0165. The van der Waals surface area contributed by atoms with E-state index in [0.29, 0.717) is 11.3 Å². The summed E-state index contributed by atoms with van der Waals surface area (Å²) in [6, 6.07) is 2.97. The Labute approximate surface area is 107 Å². The molecular formula is C12H11F5N2. The molecule has 0 aromatic heterocycles. The van der Waals surface area contributed by atoms with Crippen molar-refractivity contribution in [2.24, 2.45) is 0 Å². The van der Waals surface area contributed by atoms with Crippen molar-refractivity contribution in [3.63, 3.8) is 0 Å². The lowest BCUT2D eigenvalue weighted by Gasteiger charge is -2.26. The van der Waals surface area contributed by atoms with Crippen LogP contribution >= 0.6 is 0 Å². The zero-order valence-electron chi connectivity index (χ0n) is 10.1. The van der Waals surface area contributed by atoms with Gasteiger partial charge in [0.2, 0.25) is 0 Å². The van der Waals surface area contributed by atoms with Crippen LogP contribution in [0.2, 0.25) is 0 Å². The van der Waals surface area contributed by atoms with E-state index in [9.17, 15) is 22.0 Å². The normalized spacial score (nSPS) is 11.2. The van der Waals surface area contributed by atoms with Gasteiger partial charge in [-0.05, 0) is 18.6 Å². The van der Waals surface area contributed by atoms with Crippen LogP contribution in [0.1, 0.15) is 18.9 Å². The summed E-state index contributed by atoms with van der Waals surface area (Å²) in [6.07, 6.45) is -4.27. The van der Waals surface area contributed by atoms with Gasteiger partial charge in [-0.15, -0.1) is 0 Å². The van der Waals surface area contributed by atoms with Gasteiger partial charge in [-0.1, -0.05) is 6.92 Å². The predicted molar refractivity (Wildman–Crippen MR) is 59.6 cm³/mol. The molecule has 0 saturated carbocycles. The second-order valence-electron chi connectivity index (χ2n) is 3.94. The molecule has 0 unspecified atom stereocenters. The van der Waals surface area contributed by atoms with E-state index in [2.05, 4.69) is 0 Å². The minimum atomic E-state index is -4.57. The highest BCUT2D eigenvalue weighted by Gasteiger charge is 2.32. The van der Waals surface area contributed by atoms with Crippen LogP contribution in [0.25, 0.3) is 0 Å². The second-order valence-corrected chi connectivity index (χ2v) is 3.94. The van der Waals surface area contributed by atoms with Gasteiger partial charge in [0.25, 0.3) is 0 Å². The number of hydrogen-bond donors (Lipinski definition) is 0. The molecule has 0 radical (unpaired) electrons. The minimum Gasteiger partial charge on any atom is -0.358 e. The number of anilines is 1. The van der Waals surface area contributed by atoms with Crippen molar-refractivity contribution in [3.8, 4) is 6.07 Å². The van der Waals surface area contributed by atoms with Gasteiger partial charge in [-0.25, -0.2) is 8.78 Å². The molecule has 104 valence electrons. The van der Waals surface area contributed by atoms with Crippen LogP contribution in [0.3, 0.4) is 0 Å². The summed E-state index contributed by atoms with van der Waals surface area (Å²) in [4.78, 5) is 0.589. The highest BCUT2D eigenvalue weighted by atomic mass is 19.4. The average Bonchev–Trinajstić information content (AvgIpc) is 2.26. The summed E-state index contributed by atoms with van der Waals surface area (Å²) in [5.41, 5.74) is -1.03. The van der Waals surface area contributed by atoms with E-state index in [-0.39, 0.29) is 12.1 Å². The van der Waals surface area contributed by atoms with Crippen LogP contribution in [0.4, 0.5) is 27.6 Å². The molecule has 0 spiro atoms. The number of nitrogens with zero attached hydrogens (tertiary/aromatic N) is 2. The van der Waals surface area contributed by atoms with E-state index in [1.54, 1.807) is 6.92 Å². The molecule has 1 aromatic rings. The van der Waals surface area contributed by atoms with Crippen LogP contribution in [-0.2, 0) is 0 Å². The highest BCUT2D eigenvalue weighted by Crippen LogP contribution is 2.28. The molecule has 0 atom stereocenters. The Morgan fingerprint density at radius 3 is 2.11 bits per heavy atom. The van der Waals surface area contributed by atoms with Crippen LogP contribution in [0.5, 0.6) is 0 Å². The van der Waals surface area contributed by atoms with Gasteiger partial charge in [0.1, 0.15) is 12.2 Å². The smallest absolute Gasteiger partial charge is 0.358 e. The topological polar surface area (TPSA) is 27.0 Å². The Kier molecular flexibility index (Phi) is 4.70. The molecule has 1 rings (SSSR count). The number of benzene rings is 1. The molecule has 7 heteroatoms. The van der Waals surface area contributed by atoms with Crippen molar-refractivity contribution >= 4 is 5.69 Å². The lowest BCUT2D eigenvalue weighted by atomic mass is 10.1. The molecular weight excluding hydrogens is 267 g/mol. The van der Waals surface area contributed by atoms with E-state index in [1.165, 1.54) is 6.07 Å². The largest absolute Gasteiger partial charge is 0.405 e. The maximum absolute atomic E-state index is 13.6. The maximum atomic E-state index is 13.6. The average molecular weight is 278 g/mol. The molecule has 0 N–H and O–H groups in total. The third-order valence-electron chi connectivity index (χ3n) is 2.33. The third-order valence-corrected chi connectivity index (χ3v) is 2.33. The number of rotatable bonds is 4. The Morgan fingerprint density at radius 2 is 1.74 bits per heavy atom. The summed E-state index contributed by atoms with van der Waals surface area (Å²) >= 11 is 0. The SMILES string of the molecule is CCCN(CC(F)(F)F)c1c(F)cc(C#N)cc1F. The zero-order valence-corrected chi connectivity index (χ0v) is 10.1. The minimum absolute atomic E-state index is 0.140. The Morgan fingerprint density at radius 1 is 1.21 bits per heavy atom. The maximum Gasteiger partial charge on any atom is 0.405 e. The van der Waals surface area contributed by atoms with Gasteiger partial charge < -0.3 is 4.90 Å². The van der Waals surface area contributed by atoms with Crippen molar-refractivity contribution in [1.82, 2.24) is 0 Å². The molecule has 2 nitrogen and oxygen atoms in total. The molecule has 0 aliphatic carbocycles. The van der Waals surface area contributed by atoms with Crippen LogP contribution in [0.15, 0.2) is 12.1 Å². The molecule has 0 amide bonds. The van der Waals surface area contributed by atoms with Crippen LogP contribution in [0, 0.1) is 23.0 Å². The zero-order chi connectivity index (χ0) is 14.6. The van der Waals surface area contributed by atoms with Crippen molar-refractivity contribution in [2.45, 2.75) is 19.5 Å². The Hall–Kier alpha value is -1.84. The van der Waals surface area contributed by atoms with Gasteiger partial charge in [-0.2, -0.15) is 18.4 Å². The second kappa shape index (κ2) is 5.87. The van der Waals surface area contributed by atoms with Gasteiger partial charge in [0.05, 0.1) is 11.6 Å². The molecule has 19 heavy (non-hydrogen) atoms. The van der Waals surface area contributed by atoms with E-state index < -0.39 is 30.0 Å². The summed E-state index contributed by atoms with van der Waals surface area (Å²) in [5, 5.41) is 8.53. The van der Waals surface area contributed by atoms with Gasteiger partial charge in [0, 0.05) is 6.54 Å². The van der Waals surface area contributed by atoms with E-state index in [4.69, 9.17) is 5.26 Å². The molecule has 0 fully saturated rings. The molecule has 0 aliphatic rings. The molecule has 0 heterocycles. The summed E-state index contributed by atoms with van der Waals surface area (Å²) in [5.74, 6) is -2.34. The van der Waals surface area contributed by atoms with E-state index in [1.807, 2.05) is 0 Å². The van der Waals surface area contributed by atoms with Crippen molar-refractivity contribution in [2.75, 3.05) is 18.0 Å². The first kappa shape index (κ1) is 15.2. The molecule has 0 bridgehead atoms. The van der Waals surface area contributed by atoms with Gasteiger partial charge in [0.15, 0.2) is 11.6 Å². The van der Waals surface area contributed by atoms with Crippen molar-refractivity contribution in [3.05, 3.63) is 29.3 Å². The van der Waals surface area contributed by atoms with Crippen LogP contribution in [-0.4, -0.2) is 19.3 Å². The molecule has 1 aromatic carbocycles. The summed E-state index contributed by atoms with van der Waals surface area (Å²) in [7, 11) is 0. The quantitative estimate of drug-likeness (QED) is 0.787. The fourth-order valence-corrected chi connectivity index (χ4v) is 1.69. The Bertz CT molecular complexity index is 467. The summed E-state index contributed by atoms with van der Waals surface area (Å²) < 4.78 is 64.4. The highest BCUT2D eigenvalue weighted by molar-refractivity contribution is 5.52. The van der Waals surface area contributed by atoms with Crippen molar-refractivity contribution in [1.29, 1.82) is 5.26 Å². The monoisotopic (exact) mass is 278 g/mol. The standard InChI is InChI=1S/C12H11F5N2/c1-2-3-19(7-12(15,16)17)11-9(13)4-8(6-18)5-10(11)14/h4-5H,2-3,7H2,1H3. The lowest BCUT2D eigenvalue weighted by Crippen LogP contribution is -2.36. The fraction of sp³-hybridized carbons (Fsp3) is 0.417. The molecule has 0 saturated heterocycles. The first-order valence-corrected chi connectivity index (χ1v) is 5.49. The number of hydrogen-bond acceptors (Lipinski definition) is 2. The van der Waals surface area contributed by atoms with Crippen LogP contribution < -0.4 is 4.90 Å². The number of halogens is 5. The fourth-order valence-electron chi connectivity index (χ4n) is 1.69. The first-order chi connectivity index (χ1) is 8.78. The third kappa shape index (κ3) is 4.09. The number of nitriles is 1.